The molecule has 0 bridgehead atoms. The van der Waals surface area contributed by atoms with Crippen molar-refractivity contribution >= 4 is 28.1 Å². The summed E-state index contributed by atoms with van der Waals surface area (Å²) in [7, 11) is 1.67. The van der Waals surface area contributed by atoms with Gasteiger partial charge in [-0.2, -0.15) is 0 Å². The number of fused-ring (bicyclic) bond motifs is 3. The Labute approximate surface area is 140 Å². The molecular weight excluding hydrogens is 298 g/mol. The van der Waals surface area contributed by atoms with Gasteiger partial charge in [0.05, 0.1) is 7.11 Å². The summed E-state index contributed by atoms with van der Waals surface area (Å²) in [6.45, 7) is 0.785. The zero-order valence-electron chi connectivity index (χ0n) is 13.4. The fourth-order valence-corrected chi connectivity index (χ4v) is 3.24. The molecule has 24 heavy (non-hydrogen) atoms. The number of hydrogen-bond donors (Lipinski definition) is 0. The highest BCUT2D eigenvalue weighted by Gasteiger charge is 2.12. The summed E-state index contributed by atoms with van der Waals surface area (Å²) in [5.74, 6) is 0.817. The number of rotatable bonds is 4. The molecule has 0 fully saturated rings. The molecule has 0 saturated heterocycles. The van der Waals surface area contributed by atoms with Crippen LogP contribution in [0, 0.1) is 0 Å². The lowest BCUT2D eigenvalue weighted by molar-refractivity contribution is 0.112. The lowest BCUT2D eigenvalue weighted by atomic mass is 10.1. The van der Waals surface area contributed by atoms with Crippen LogP contribution in [0.2, 0.25) is 0 Å². The van der Waals surface area contributed by atoms with Crippen LogP contribution in [0.1, 0.15) is 15.9 Å². The summed E-state index contributed by atoms with van der Waals surface area (Å²) in [4.78, 5) is 11.2. The summed E-state index contributed by atoms with van der Waals surface area (Å²) in [5.41, 5.74) is 4.18. The molecule has 0 atom stereocenters. The van der Waals surface area contributed by atoms with Gasteiger partial charge in [-0.15, -0.1) is 0 Å². The maximum atomic E-state index is 11.2. The molecule has 0 spiro atoms. The summed E-state index contributed by atoms with van der Waals surface area (Å²) < 4.78 is 7.66. The van der Waals surface area contributed by atoms with E-state index in [1.807, 2.05) is 36.4 Å². The predicted molar refractivity (Wildman–Crippen MR) is 96.9 cm³/mol. The second-order valence-electron chi connectivity index (χ2n) is 5.85. The molecule has 118 valence electrons. The number of methoxy groups -OCH3 is 1. The molecule has 3 aromatic carbocycles. The molecule has 0 aliphatic heterocycles. The number of benzene rings is 3. The second kappa shape index (κ2) is 5.85. The number of nitrogens with zero attached hydrogens (tertiary/aromatic N) is 1. The van der Waals surface area contributed by atoms with Gasteiger partial charge in [0.25, 0.3) is 0 Å². The highest BCUT2D eigenvalue weighted by Crippen LogP contribution is 2.32. The summed E-state index contributed by atoms with van der Waals surface area (Å²) >= 11 is 0. The van der Waals surface area contributed by atoms with E-state index in [-0.39, 0.29) is 0 Å². The third-order valence-corrected chi connectivity index (χ3v) is 4.42. The van der Waals surface area contributed by atoms with Crippen molar-refractivity contribution in [2.75, 3.05) is 7.11 Å². The van der Waals surface area contributed by atoms with Gasteiger partial charge in [0.2, 0.25) is 0 Å². The van der Waals surface area contributed by atoms with Crippen molar-refractivity contribution in [3.8, 4) is 5.75 Å². The van der Waals surface area contributed by atoms with E-state index in [4.69, 9.17) is 4.74 Å². The van der Waals surface area contributed by atoms with Gasteiger partial charge in [0.1, 0.15) is 12.0 Å². The molecule has 0 aliphatic carbocycles. The molecule has 0 N–H and O–H groups in total. The van der Waals surface area contributed by atoms with Crippen LogP contribution in [0.25, 0.3) is 21.8 Å². The third kappa shape index (κ3) is 2.35. The normalized spacial score (nSPS) is 11.0. The Balaban J connectivity index is 2.01. The van der Waals surface area contributed by atoms with Crippen molar-refractivity contribution < 1.29 is 9.53 Å². The van der Waals surface area contributed by atoms with Crippen molar-refractivity contribution in [3.63, 3.8) is 0 Å². The average Bonchev–Trinajstić information content (AvgIpc) is 2.95. The molecule has 4 rings (SSSR count). The predicted octanol–water partition coefficient (Wildman–Crippen LogP) is 4.66. The lowest BCUT2D eigenvalue weighted by Crippen LogP contribution is -1.99. The van der Waals surface area contributed by atoms with E-state index in [1.165, 1.54) is 5.56 Å². The Kier molecular flexibility index (Phi) is 3.54. The molecule has 3 nitrogen and oxygen atoms in total. The molecule has 3 heteroatoms. The Bertz CT molecular complexity index is 1030. The van der Waals surface area contributed by atoms with Crippen LogP contribution in [0.15, 0.2) is 66.7 Å². The molecule has 0 aliphatic rings. The van der Waals surface area contributed by atoms with Gasteiger partial charge in [0.15, 0.2) is 0 Å². The maximum Gasteiger partial charge on any atom is 0.150 e. The van der Waals surface area contributed by atoms with Gasteiger partial charge < -0.3 is 9.30 Å². The molecule has 0 saturated carbocycles. The molecule has 1 aromatic heterocycles. The van der Waals surface area contributed by atoms with E-state index < -0.39 is 0 Å². The first kappa shape index (κ1) is 14.5. The van der Waals surface area contributed by atoms with E-state index in [2.05, 4.69) is 34.9 Å². The minimum Gasteiger partial charge on any atom is -0.497 e. The highest BCUT2D eigenvalue weighted by molar-refractivity contribution is 6.09. The number of aldehydes is 1. The summed E-state index contributed by atoms with van der Waals surface area (Å²) in [6, 6.07) is 22.3. The van der Waals surface area contributed by atoms with Crippen LogP contribution in [-0.4, -0.2) is 18.0 Å². The quantitative estimate of drug-likeness (QED) is 0.513. The molecule has 4 aromatic rings. The smallest absolute Gasteiger partial charge is 0.150 e. The van der Waals surface area contributed by atoms with Crippen LogP contribution in [-0.2, 0) is 6.54 Å². The van der Waals surface area contributed by atoms with Crippen molar-refractivity contribution in [2.24, 2.45) is 0 Å². The van der Waals surface area contributed by atoms with Gasteiger partial charge in [-0.3, -0.25) is 4.79 Å². The fraction of sp³-hybridized carbons (Fsp3) is 0.0952. The van der Waals surface area contributed by atoms with Crippen molar-refractivity contribution in [1.29, 1.82) is 0 Å². The van der Waals surface area contributed by atoms with E-state index >= 15 is 0 Å². The number of hydrogen-bond acceptors (Lipinski definition) is 2. The Morgan fingerprint density at radius 3 is 2.33 bits per heavy atom. The first-order chi connectivity index (χ1) is 11.8. The number of carbonyl (C=O) groups is 1. The van der Waals surface area contributed by atoms with Gasteiger partial charge in [-0.05, 0) is 42.0 Å². The molecule has 0 unspecified atom stereocenters. The van der Waals surface area contributed by atoms with Gasteiger partial charge in [0, 0.05) is 33.9 Å². The monoisotopic (exact) mass is 315 g/mol. The lowest BCUT2D eigenvalue weighted by Gasteiger charge is -2.08. The van der Waals surface area contributed by atoms with E-state index in [0.29, 0.717) is 5.56 Å². The molecule has 1 heterocycles. The van der Waals surface area contributed by atoms with E-state index in [1.54, 1.807) is 7.11 Å². The number of carbonyl (C=O) groups excluding carboxylic acids is 1. The van der Waals surface area contributed by atoms with Gasteiger partial charge in [-0.25, -0.2) is 0 Å². The highest BCUT2D eigenvalue weighted by atomic mass is 16.5. The van der Waals surface area contributed by atoms with Crippen LogP contribution in [0.4, 0.5) is 0 Å². The molecule has 0 radical (unpaired) electrons. The first-order valence-corrected chi connectivity index (χ1v) is 7.89. The van der Waals surface area contributed by atoms with Gasteiger partial charge >= 0.3 is 0 Å². The summed E-state index contributed by atoms with van der Waals surface area (Å²) in [6.07, 6.45) is 0.889. The second-order valence-corrected chi connectivity index (χ2v) is 5.85. The Hall–Kier alpha value is -3.07. The minimum absolute atomic E-state index is 0.684. The zero-order valence-corrected chi connectivity index (χ0v) is 13.4. The van der Waals surface area contributed by atoms with Crippen LogP contribution < -0.4 is 4.74 Å². The van der Waals surface area contributed by atoms with Gasteiger partial charge in [-0.1, -0.05) is 30.3 Å². The molecule has 0 amide bonds. The van der Waals surface area contributed by atoms with Crippen LogP contribution >= 0.6 is 0 Å². The maximum absolute atomic E-state index is 11.2. The van der Waals surface area contributed by atoms with Crippen LogP contribution in [0.5, 0.6) is 5.75 Å². The first-order valence-electron chi connectivity index (χ1n) is 7.89. The SMILES string of the molecule is COc1ccc2c(c1)c1cc(C=O)ccc1n2Cc1ccccc1. The minimum atomic E-state index is 0.684. The summed E-state index contributed by atoms with van der Waals surface area (Å²) in [5, 5.41) is 2.17. The largest absolute Gasteiger partial charge is 0.497 e. The average molecular weight is 315 g/mol. The Morgan fingerprint density at radius 1 is 0.917 bits per heavy atom. The topological polar surface area (TPSA) is 31.2 Å². The Morgan fingerprint density at radius 2 is 1.62 bits per heavy atom. The fourth-order valence-electron chi connectivity index (χ4n) is 3.24. The van der Waals surface area contributed by atoms with Crippen LogP contribution in [0.3, 0.4) is 0 Å². The van der Waals surface area contributed by atoms with Crippen molar-refractivity contribution in [1.82, 2.24) is 4.57 Å². The zero-order chi connectivity index (χ0) is 16.5. The van der Waals surface area contributed by atoms with Crippen molar-refractivity contribution in [3.05, 3.63) is 77.9 Å². The van der Waals surface area contributed by atoms with E-state index in [0.717, 1.165) is 40.4 Å². The number of aromatic nitrogens is 1. The van der Waals surface area contributed by atoms with E-state index in [9.17, 15) is 4.79 Å². The standard InChI is InChI=1S/C21H17NO2/c1-24-17-8-10-21-19(12-17)18-11-16(14-23)7-9-20(18)22(21)13-15-5-3-2-4-6-15/h2-12,14H,13H2,1H3. The van der Waals surface area contributed by atoms with Crippen molar-refractivity contribution in [2.45, 2.75) is 6.54 Å². The number of ether oxygens (including phenoxy) is 1. The molecular formula is C21H17NO2. The third-order valence-electron chi connectivity index (χ3n) is 4.42.